The fraction of sp³-hybridized carbons (Fsp3) is 0.429. The maximum atomic E-state index is 11.9. The number of rotatable bonds is 2. The summed E-state index contributed by atoms with van der Waals surface area (Å²) in [4.78, 5) is 13.9. The van der Waals surface area contributed by atoms with Gasteiger partial charge in [-0.15, -0.1) is 0 Å². The zero-order valence-electron chi connectivity index (χ0n) is 10.7. The molecule has 1 N–H and O–H groups in total. The Hall–Kier alpha value is -2.02. The second-order valence-corrected chi connectivity index (χ2v) is 4.54. The lowest BCUT2D eigenvalue weighted by molar-refractivity contribution is -0.123. The molecule has 4 nitrogen and oxygen atoms in total. The Morgan fingerprint density at radius 1 is 1.56 bits per heavy atom. The number of nitriles is 1. The van der Waals surface area contributed by atoms with E-state index in [2.05, 4.69) is 11.4 Å². The molecule has 1 heterocycles. The second kappa shape index (κ2) is 5.09. The van der Waals surface area contributed by atoms with Crippen LogP contribution < -0.4 is 10.2 Å². The number of anilines is 1. The number of carbonyl (C=O) groups is 1. The molecule has 0 aromatic heterocycles. The maximum Gasteiger partial charge on any atom is 0.242 e. The summed E-state index contributed by atoms with van der Waals surface area (Å²) in [6.07, 6.45) is 0.741. The zero-order valence-corrected chi connectivity index (χ0v) is 10.7. The van der Waals surface area contributed by atoms with Crippen LogP contribution in [0.25, 0.3) is 0 Å². The molecule has 1 aromatic rings. The molecule has 18 heavy (non-hydrogen) atoms. The molecule has 0 radical (unpaired) electrons. The van der Waals surface area contributed by atoms with Crippen LogP contribution in [0.15, 0.2) is 18.2 Å². The molecule has 1 saturated heterocycles. The van der Waals surface area contributed by atoms with Crippen molar-refractivity contribution in [2.75, 3.05) is 18.0 Å². The number of amides is 1. The highest BCUT2D eigenvalue weighted by Gasteiger charge is 2.29. The molecule has 1 fully saturated rings. The predicted molar refractivity (Wildman–Crippen MR) is 70.3 cm³/mol. The van der Waals surface area contributed by atoms with E-state index in [4.69, 9.17) is 0 Å². The standard InChI is InChI=1S/C14H17N3O/c1-3-12-14(18)16-6-7-17(12)13-8-10(2)4-5-11(13)9-15/h4-5,8,12H,3,6-7H2,1-2H3,(H,16,18). The van der Waals surface area contributed by atoms with Crippen LogP contribution in [0.4, 0.5) is 5.69 Å². The van der Waals surface area contributed by atoms with E-state index < -0.39 is 0 Å². The molecule has 2 rings (SSSR count). The SMILES string of the molecule is CCC1C(=O)NCCN1c1cc(C)ccc1C#N. The Balaban J connectivity index is 2.43. The van der Waals surface area contributed by atoms with Gasteiger partial charge in [0, 0.05) is 13.1 Å². The van der Waals surface area contributed by atoms with Crippen LogP contribution in [-0.4, -0.2) is 25.0 Å². The first-order chi connectivity index (χ1) is 8.67. The van der Waals surface area contributed by atoms with Crippen molar-refractivity contribution in [3.8, 4) is 6.07 Å². The largest absolute Gasteiger partial charge is 0.357 e. The highest BCUT2D eigenvalue weighted by atomic mass is 16.2. The minimum Gasteiger partial charge on any atom is -0.357 e. The van der Waals surface area contributed by atoms with Crippen LogP contribution in [-0.2, 0) is 4.79 Å². The van der Waals surface area contributed by atoms with E-state index in [0.29, 0.717) is 12.1 Å². The molecule has 4 heteroatoms. The van der Waals surface area contributed by atoms with Crippen molar-refractivity contribution in [3.63, 3.8) is 0 Å². The van der Waals surface area contributed by atoms with Gasteiger partial charge in [-0.25, -0.2) is 0 Å². The minimum absolute atomic E-state index is 0.0501. The highest BCUT2D eigenvalue weighted by molar-refractivity contribution is 5.87. The fourth-order valence-corrected chi connectivity index (χ4v) is 2.38. The van der Waals surface area contributed by atoms with E-state index in [9.17, 15) is 10.1 Å². The number of benzene rings is 1. The van der Waals surface area contributed by atoms with Gasteiger partial charge >= 0.3 is 0 Å². The summed E-state index contributed by atoms with van der Waals surface area (Å²) in [5.41, 5.74) is 2.61. The van der Waals surface area contributed by atoms with Crippen molar-refractivity contribution in [2.24, 2.45) is 0 Å². The van der Waals surface area contributed by atoms with Gasteiger partial charge in [-0.05, 0) is 31.0 Å². The maximum absolute atomic E-state index is 11.9. The Morgan fingerprint density at radius 3 is 3.00 bits per heavy atom. The monoisotopic (exact) mass is 243 g/mol. The topological polar surface area (TPSA) is 56.1 Å². The number of nitrogens with one attached hydrogen (secondary N) is 1. The molecule has 1 unspecified atom stereocenters. The molecule has 1 aromatic carbocycles. The van der Waals surface area contributed by atoms with Crippen molar-refractivity contribution in [2.45, 2.75) is 26.3 Å². The molecule has 0 saturated carbocycles. The van der Waals surface area contributed by atoms with E-state index in [1.54, 1.807) is 0 Å². The summed E-state index contributed by atoms with van der Waals surface area (Å²) < 4.78 is 0. The summed E-state index contributed by atoms with van der Waals surface area (Å²) in [5, 5.41) is 12.1. The summed E-state index contributed by atoms with van der Waals surface area (Å²) in [6.45, 7) is 5.37. The van der Waals surface area contributed by atoms with Crippen molar-refractivity contribution >= 4 is 11.6 Å². The Morgan fingerprint density at radius 2 is 2.33 bits per heavy atom. The van der Waals surface area contributed by atoms with Crippen LogP contribution >= 0.6 is 0 Å². The number of hydrogen-bond acceptors (Lipinski definition) is 3. The summed E-state index contributed by atoms with van der Waals surface area (Å²) in [5.74, 6) is 0.0501. The van der Waals surface area contributed by atoms with Gasteiger partial charge < -0.3 is 10.2 Å². The molecule has 1 atom stereocenters. The van der Waals surface area contributed by atoms with Crippen molar-refractivity contribution in [3.05, 3.63) is 29.3 Å². The minimum atomic E-state index is -0.173. The first-order valence-corrected chi connectivity index (χ1v) is 6.22. The Kier molecular flexibility index (Phi) is 3.52. The van der Waals surface area contributed by atoms with Crippen LogP contribution in [0.5, 0.6) is 0 Å². The van der Waals surface area contributed by atoms with E-state index in [-0.39, 0.29) is 11.9 Å². The average molecular weight is 243 g/mol. The molecule has 0 bridgehead atoms. The molecular weight excluding hydrogens is 226 g/mol. The number of nitrogens with zero attached hydrogens (tertiary/aromatic N) is 2. The van der Waals surface area contributed by atoms with Gasteiger partial charge in [0.1, 0.15) is 12.1 Å². The average Bonchev–Trinajstić information content (AvgIpc) is 2.38. The lowest BCUT2D eigenvalue weighted by Crippen LogP contribution is -2.55. The second-order valence-electron chi connectivity index (χ2n) is 4.54. The van der Waals surface area contributed by atoms with Crippen LogP contribution in [0.2, 0.25) is 0 Å². The lowest BCUT2D eigenvalue weighted by Gasteiger charge is -2.36. The molecule has 0 spiro atoms. The van der Waals surface area contributed by atoms with E-state index >= 15 is 0 Å². The van der Waals surface area contributed by atoms with Crippen molar-refractivity contribution < 1.29 is 4.79 Å². The normalized spacial score (nSPS) is 19.3. The van der Waals surface area contributed by atoms with Crippen molar-refractivity contribution in [1.82, 2.24) is 5.32 Å². The first-order valence-electron chi connectivity index (χ1n) is 6.22. The summed E-state index contributed by atoms with van der Waals surface area (Å²) in [6, 6.07) is 7.77. The fourth-order valence-electron chi connectivity index (χ4n) is 2.38. The molecular formula is C14H17N3O. The summed E-state index contributed by atoms with van der Waals surface area (Å²) >= 11 is 0. The van der Waals surface area contributed by atoms with Gasteiger partial charge in [-0.1, -0.05) is 13.0 Å². The molecule has 1 amide bonds. The number of aryl methyl sites for hydroxylation is 1. The molecule has 1 aliphatic rings. The molecule has 94 valence electrons. The van der Waals surface area contributed by atoms with Crippen LogP contribution in [0.1, 0.15) is 24.5 Å². The van der Waals surface area contributed by atoms with Gasteiger partial charge in [0.2, 0.25) is 5.91 Å². The zero-order chi connectivity index (χ0) is 13.1. The predicted octanol–water partition coefficient (Wildman–Crippen LogP) is 1.58. The third kappa shape index (κ3) is 2.17. The quantitative estimate of drug-likeness (QED) is 0.858. The van der Waals surface area contributed by atoms with Crippen LogP contribution in [0, 0.1) is 18.3 Å². The summed E-state index contributed by atoms with van der Waals surface area (Å²) in [7, 11) is 0. The smallest absolute Gasteiger partial charge is 0.242 e. The van der Waals surface area contributed by atoms with Gasteiger partial charge in [0.05, 0.1) is 11.3 Å². The van der Waals surface area contributed by atoms with Gasteiger partial charge in [-0.2, -0.15) is 5.26 Å². The van der Waals surface area contributed by atoms with E-state index in [1.165, 1.54) is 0 Å². The number of carbonyl (C=O) groups excluding carboxylic acids is 1. The van der Waals surface area contributed by atoms with Gasteiger partial charge in [-0.3, -0.25) is 4.79 Å². The van der Waals surface area contributed by atoms with Crippen LogP contribution in [0.3, 0.4) is 0 Å². The first kappa shape index (κ1) is 12.4. The van der Waals surface area contributed by atoms with Gasteiger partial charge in [0.25, 0.3) is 0 Å². The molecule has 0 aliphatic carbocycles. The third-order valence-electron chi connectivity index (χ3n) is 3.30. The van der Waals surface area contributed by atoms with Crippen molar-refractivity contribution in [1.29, 1.82) is 5.26 Å². The van der Waals surface area contributed by atoms with E-state index in [1.807, 2.05) is 36.9 Å². The Labute approximate surface area is 107 Å². The molecule has 1 aliphatic heterocycles. The van der Waals surface area contributed by atoms with Gasteiger partial charge in [0.15, 0.2) is 0 Å². The van der Waals surface area contributed by atoms with E-state index in [0.717, 1.165) is 24.2 Å². The number of piperazine rings is 1. The third-order valence-corrected chi connectivity index (χ3v) is 3.30. The Bertz CT molecular complexity index is 504. The lowest BCUT2D eigenvalue weighted by atomic mass is 10.0. The number of hydrogen-bond donors (Lipinski definition) is 1. The highest BCUT2D eigenvalue weighted by Crippen LogP contribution is 2.25.